The monoisotopic (exact) mass is 210 g/mol. The Morgan fingerprint density at radius 3 is 3.07 bits per heavy atom. The molecule has 1 unspecified atom stereocenters. The zero-order valence-electron chi connectivity index (χ0n) is 8.33. The molecule has 0 amide bonds. The first-order chi connectivity index (χ1) is 7.31. The highest BCUT2D eigenvalue weighted by molar-refractivity contribution is 5.41. The fraction of sp³-hybridized carbons (Fsp3) is 0.556. The Morgan fingerprint density at radius 2 is 2.40 bits per heavy atom. The Hall–Kier alpha value is -1.40. The van der Waals surface area contributed by atoms with Crippen LogP contribution in [0, 0.1) is 0 Å². The molecule has 6 heteroatoms. The van der Waals surface area contributed by atoms with E-state index in [1.807, 2.05) is 4.90 Å². The molecule has 0 aromatic carbocycles. The number of aliphatic hydroxyl groups excluding tert-OH is 1. The first-order valence-corrected chi connectivity index (χ1v) is 4.84. The van der Waals surface area contributed by atoms with Gasteiger partial charge >= 0.3 is 0 Å². The molecule has 0 aliphatic carbocycles. The third kappa shape index (κ3) is 2.16. The lowest BCUT2D eigenvalue weighted by Gasteiger charge is -2.35. The number of rotatable bonds is 2. The number of aliphatic hydroxyl groups is 1. The lowest BCUT2D eigenvalue weighted by molar-refractivity contribution is 0.0722. The summed E-state index contributed by atoms with van der Waals surface area (Å²) in [7, 11) is 0. The summed E-state index contributed by atoms with van der Waals surface area (Å²) in [5.74, 6) is 1.12. The normalized spacial score (nSPS) is 21.7. The van der Waals surface area contributed by atoms with E-state index in [4.69, 9.17) is 10.5 Å². The first-order valence-electron chi connectivity index (χ1n) is 4.84. The summed E-state index contributed by atoms with van der Waals surface area (Å²) in [6.07, 6.45) is 3.13. The van der Waals surface area contributed by atoms with Gasteiger partial charge in [-0.25, -0.2) is 9.97 Å². The van der Waals surface area contributed by atoms with E-state index in [9.17, 15) is 5.11 Å². The number of hydrogen-bond donors (Lipinski definition) is 2. The van der Waals surface area contributed by atoms with Gasteiger partial charge in [0.05, 0.1) is 38.3 Å². The molecule has 1 aromatic heterocycles. The first kappa shape index (κ1) is 10.1. The van der Waals surface area contributed by atoms with Gasteiger partial charge in [-0.3, -0.25) is 0 Å². The number of nitrogens with zero attached hydrogens (tertiary/aromatic N) is 3. The predicted octanol–water partition coefficient (Wildman–Crippen LogP) is -0.744. The van der Waals surface area contributed by atoms with Crippen LogP contribution < -0.4 is 10.6 Å². The number of ether oxygens (including phenoxy) is 1. The number of nitrogens with two attached hydrogens (primary N) is 1. The highest BCUT2D eigenvalue weighted by Gasteiger charge is 2.23. The molecule has 0 spiro atoms. The van der Waals surface area contributed by atoms with Crippen LogP contribution in [0.3, 0.4) is 0 Å². The van der Waals surface area contributed by atoms with Crippen molar-refractivity contribution in [3.8, 4) is 0 Å². The van der Waals surface area contributed by atoms with E-state index >= 15 is 0 Å². The van der Waals surface area contributed by atoms with Crippen molar-refractivity contribution < 1.29 is 9.84 Å². The van der Waals surface area contributed by atoms with Gasteiger partial charge in [-0.05, 0) is 0 Å². The number of nitrogen functional groups attached to an aromatic ring is 1. The van der Waals surface area contributed by atoms with Crippen molar-refractivity contribution in [2.24, 2.45) is 0 Å². The average molecular weight is 210 g/mol. The summed E-state index contributed by atoms with van der Waals surface area (Å²) < 4.78 is 5.27. The lowest BCUT2D eigenvalue weighted by Crippen LogP contribution is -2.48. The summed E-state index contributed by atoms with van der Waals surface area (Å²) >= 11 is 0. The third-order valence-electron chi connectivity index (χ3n) is 2.39. The molecule has 0 saturated carbocycles. The summed E-state index contributed by atoms with van der Waals surface area (Å²) in [6, 6.07) is -0.0447. The second-order valence-electron chi connectivity index (χ2n) is 3.40. The highest BCUT2D eigenvalue weighted by Crippen LogP contribution is 2.16. The molecule has 1 atom stereocenters. The number of morpholine rings is 1. The van der Waals surface area contributed by atoms with Crippen LogP contribution in [0.1, 0.15) is 0 Å². The molecule has 82 valence electrons. The predicted molar refractivity (Wildman–Crippen MR) is 55.5 cm³/mol. The van der Waals surface area contributed by atoms with Gasteiger partial charge in [0.1, 0.15) is 11.6 Å². The van der Waals surface area contributed by atoms with Crippen LogP contribution in [-0.4, -0.2) is 47.5 Å². The van der Waals surface area contributed by atoms with Gasteiger partial charge in [0.2, 0.25) is 0 Å². The molecule has 3 N–H and O–H groups in total. The Labute approximate surface area is 87.7 Å². The minimum Gasteiger partial charge on any atom is -0.394 e. The molecule has 0 radical (unpaired) electrons. The molecule has 1 aliphatic heterocycles. The van der Waals surface area contributed by atoms with Crippen LogP contribution in [0.15, 0.2) is 12.4 Å². The second-order valence-corrected chi connectivity index (χ2v) is 3.40. The Balaban J connectivity index is 2.16. The quantitative estimate of drug-likeness (QED) is 0.668. The highest BCUT2D eigenvalue weighted by atomic mass is 16.5. The van der Waals surface area contributed by atoms with Crippen molar-refractivity contribution in [1.29, 1.82) is 0 Å². The molecular weight excluding hydrogens is 196 g/mol. The molecule has 6 nitrogen and oxygen atoms in total. The van der Waals surface area contributed by atoms with Gasteiger partial charge in [-0.2, -0.15) is 0 Å². The maximum Gasteiger partial charge on any atom is 0.147 e. The van der Waals surface area contributed by atoms with E-state index in [1.54, 1.807) is 6.20 Å². The Kier molecular flexibility index (Phi) is 2.98. The fourth-order valence-corrected chi connectivity index (χ4v) is 1.59. The molecule has 1 aliphatic rings. The van der Waals surface area contributed by atoms with E-state index < -0.39 is 0 Å². The third-order valence-corrected chi connectivity index (χ3v) is 2.39. The molecule has 2 rings (SSSR count). The molecule has 2 heterocycles. The summed E-state index contributed by atoms with van der Waals surface area (Å²) in [6.45, 7) is 1.92. The fourth-order valence-electron chi connectivity index (χ4n) is 1.59. The maximum absolute atomic E-state index is 9.18. The molecule has 1 aromatic rings. The van der Waals surface area contributed by atoms with Crippen molar-refractivity contribution in [2.75, 3.05) is 37.0 Å². The van der Waals surface area contributed by atoms with Gasteiger partial charge < -0.3 is 20.5 Å². The van der Waals surface area contributed by atoms with Crippen molar-refractivity contribution in [2.45, 2.75) is 6.04 Å². The largest absolute Gasteiger partial charge is 0.394 e. The topological polar surface area (TPSA) is 84.5 Å². The minimum absolute atomic E-state index is 0.0447. The van der Waals surface area contributed by atoms with E-state index in [0.29, 0.717) is 25.6 Å². The SMILES string of the molecule is Nc1cnc(N2CCOCC2CO)cn1. The van der Waals surface area contributed by atoms with Crippen molar-refractivity contribution in [3.63, 3.8) is 0 Å². The lowest BCUT2D eigenvalue weighted by atomic mass is 10.2. The van der Waals surface area contributed by atoms with E-state index in [0.717, 1.165) is 5.82 Å². The molecule has 1 fully saturated rings. The van der Waals surface area contributed by atoms with E-state index in [-0.39, 0.29) is 12.6 Å². The summed E-state index contributed by atoms with van der Waals surface area (Å²) in [5.41, 5.74) is 5.46. The van der Waals surface area contributed by atoms with E-state index in [1.165, 1.54) is 6.20 Å². The average Bonchev–Trinajstić information content (AvgIpc) is 2.30. The van der Waals surface area contributed by atoms with Crippen LogP contribution in [0.5, 0.6) is 0 Å². The second kappa shape index (κ2) is 4.41. The van der Waals surface area contributed by atoms with Crippen molar-refractivity contribution >= 4 is 11.6 Å². The van der Waals surface area contributed by atoms with Crippen molar-refractivity contribution in [1.82, 2.24) is 9.97 Å². The molecule has 1 saturated heterocycles. The van der Waals surface area contributed by atoms with Gasteiger partial charge in [0, 0.05) is 6.54 Å². The van der Waals surface area contributed by atoms with E-state index in [2.05, 4.69) is 9.97 Å². The van der Waals surface area contributed by atoms with Crippen molar-refractivity contribution in [3.05, 3.63) is 12.4 Å². The zero-order chi connectivity index (χ0) is 10.7. The summed E-state index contributed by atoms with van der Waals surface area (Å²) in [5, 5.41) is 9.18. The maximum atomic E-state index is 9.18. The number of aromatic nitrogens is 2. The van der Waals surface area contributed by atoms with Gasteiger partial charge in [0.25, 0.3) is 0 Å². The zero-order valence-corrected chi connectivity index (χ0v) is 8.33. The standard InChI is InChI=1S/C9H14N4O2/c10-8-3-12-9(4-11-8)13-1-2-15-6-7(13)5-14/h3-4,7,14H,1-2,5-6H2,(H2,10,11). The summed E-state index contributed by atoms with van der Waals surface area (Å²) in [4.78, 5) is 10.1. The smallest absolute Gasteiger partial charge is 0.147 e. The minimum atomic E-state index is -0.0447. The van der Waals surface area contributed by atoms with Crippen LogP contribution in [0.4, 0.5) is 11.6 Å². The molecule has 0 bridgehead atoms. The van der Waals surface area contributed by atoms with Crippen LogP contribution in [0.25, 0.3) is 0 Å². The van der Waals surface area contributed by atoms with Gasteiger partial charge in [0.15, 0.2) is 0 Å². The van der Waals surface area contributed by atoms with Crippen LogP contribution in [-0.2, 0) is 4.74 Å². The Morgan fingerprint density at radius 1 is 1.53 bits per heavy atom. The van der Waals surface area contributed by atoms with Crippen LogP contribution in [0.2, 0.25) is 0 Å². The molecule has 15 heavy (non-hydrogen) atoms. The van der Waals surface area contributed by atoms with Gasteiger partial charge in [-0.15, -0.1) is 0 Å². The van der Waals surface area contributed by atoms with Gasteiger partial charge in [-0.1, -0.05) is 0 Å². The molecular formula is C9H14N4O2. The Bertz CT molecular complexity index is 316. The number of hydrogen-bond acceptors (Lipinski definition) is 6. The number of anilines is 2. The van der Waals surface area contributed by atoms with Crippen LogP contribution >= 0.6 is 0 Å².